The molecule has 0 fully saturated rings. The Morgan fingerprint density at radius 2 is 1.72 bits per heavy atom. The molecular formula is C15H24O2Sn. The van der Waals surface area contributed by atoms with E-state index < -0.39 is 19.2 Å². The minimum absolute atomic E-state index is 0.777. The standard InChI is InChI=1S/C7H7O2.2C4H9.Sn/c8-5-6-3-1-2-4-7(6)9;2*1-3-4-2;/h1-4,9H,5H2;2*1,3-4H2,2H3;/q-1;;;+2/p-1. The van der Waals surface area contributed by atoms with Gasteiger partial charge in [0.1, 0.15) is 0 Å². The van der Waals surface area contributed by atoms with Crippen LogP contribution in [0.15, 0.2) is 24.3 Å². The molecule has 18 heavy (non-hydrogen) atoms. The van der Waals surface area contributed by atoms with Gasteiger partial charge in [-0.2, -0.15) is 0 Å². The quantitative estimate of drug-likeness (QED) is 0.693. The van der Waals surface area contributed by atoms with E-state index in [2.05, 4.69) is 38.1 Å². The fraction of sp³-hybridized carbons (Fsp3) is 0.600. The van der Waals surface area contributed by atoms with Crippen molar-refractivity contribution in [3.8, 4) is 5.75 Å². The second kappa shape index (κ2) is 6.80. The monoisotopic (exact) mass is 356 g/mol. The molecule has 0 aliphatic carbocycles. The Morgan fingerprint density at radius 1 is 1.06 bits per heavy atom. The molecule has 1 aliphatic rings. The van der Waals surface area contributed by atoms with Gasteiger partial charge in [-0.25, -0.2) is 0 Å². The SMILES string of the molecule is CCC[CH2][Sn]1([CH2]CCC)[O]Cc2ccccc2[O]1. The van der Waals surface area contributed by atoms with Crippen LogP contribution in [-0.4, -0.2) is 19.2 Å². The molecule has 1 aromatic rings. The van der Waals surface area contributed by atoms with Gasteiger partial charge in [0, 0.05) is 0 Å². The maximum absolute atomic E-state index is 6.41. The molecule has 1 aliphatic heterocycles. The Hall–Kier alpha value is -0.221. The van der Waals surface area contributed by atoms with Crippen LogP contribution in [0.25, 0.3) is 0 Å². The Balaban J connectivity index is 2.11. The molecule has 1 heterocycles. The molecule has 0 saturated carbocycles. The Kier molecular flexibility index (Phi) is 5.36. The van der Waals surface area contributed by atoms with Crippen molar-refractivity contribution in [2.75, 3.05) is 0 Å². The van der Waals surface area contributed by atoms with Gasteiger partial charge in [-0.3, -0.25) is 0 Å². The van der Waals surface area contributed by atoms with E-state index in [1.165, 1.54) is 40.1 Å². The van der Waals surface area contributed by atoms with Crippen LogP contribution in [0, 0.1) is 0 Å². The molecule has 0 bridgehead atoms. The zero-order valence-corrected chi connectivity index (χ0v) is 14.4. The summed E-state index contributed by atoms with van der Waals surface area (Å²) in [6.45, 7) is 5.27. The van der Waals surface area contributed by atoms with Gasteiger partial charge in [-0.15, -0.1) is 0 Å². The van der Waals surface area contributed by atoms with Crippen LogP contribution < -0.4 is 3.07 Å². The Morgan fingerprint density at radius 3 is 2.39 bits per heavy atom. The van der Waals surface area contributed by atoms with Crippen LogP contribution in [0.2, 0.25) is 8.87 Å². The van der Waals surface area contributed by atoms with E-state index >= 15 is 0 Å². The summed E-state index contributed by atoms with van der Waals surface area (Å²) < 4.78 is 15.1. The van der Waals surface area contributed by atoms with Crippen LogP contribution in [0.1, 0.15) is 45.1 Å². The average Bonchev–Trinajstić information content (AvgIpc) is 2.43. The number of para-hydroxylation sites is 1. The van der Waals surface area contributed by atoms with Crippen molar-refractivity contribution in [2.45, 2.75) is 55.0 Å². The number of unbranched alkanes of at least 4 members (excludes halogenated alkanes) is 2. The average molecular weight is 355 g/mol. The summed E-state index contributed by atoms with van der Waals surface area (Å²) in [4.78, 5) is 0. The zero-order chi connectivity index (χ0) is 12.8. The van der Waals surface area contributed by atoms with E-state index in [-0.39, 0.29) is 0 Å². The predicted molar refractivity (Wildman–Crippen MR) is 77.0 cm³/mol. The van der Waals surface area contributed by atoms with Crippen LogP contribution in [0.3, 0.4) is 0 Å². The van der Waals surface area contributed by atoms with Crippen LogP contribution in [0.5, 0.6) is 5.75 Å². The molecule has 0 radical (unpaired) electrons. The molecule has 2 rings (SSSR count). The molecule has 0 amide bonds. The van der Waals surface area contributed by atoms with E-state index in [0.29, 0.717) is 0 Å². The van der Waals surface area contributed by atoms with Gasteiger partial charge in [0.05, 0.1) is 0 Å². The maximum atomic E-state index is 6.41. The van der Waals surface area contributed by atoms with E-state index in [1.54, 1.807) is 0 Å². The van der Waals surface area contributed by atoms with Gasteiger partial charge < -0.3 is 0 Å². The normalized spacial score (nSPS) is 17.0. The molecule has 0 aromatic heterocycles. The van der Waals surface area contributed by atoms with Gasteiger partial charge in [-0.1, -0.05) is 0 Å². The topological polar surface area (TPSA) is 18.5 Å². The summed E-state index contributed by atoms with van der Waals surface area (Å²) in [5.41, 5.74) is 1.22. The van der Waals surface area contributed by atoms with Crippen LogP contribution >= 0.6 is 0 Å². The van der Waals surface area contributed by atoms with Gasteiger partial charge in [0.15, 0.2) is 0 Å². The molecule has 0 atom stereocenters. The molecular weight excluding hydrogens is 331 g/mol. The van der Waals surface area contributed by atoms with Crippen molar-refractivity contribution in [3.05, 3.63) is 29.8 Å². The Labute approximate surface area is 116 Å². The first-order chi connectivity index (χ1) is 8.79. The molecule has 1 aromatic carbocycles. The second-order valence-corrected chi connectivity index (χ2v) is 14.6. The van der Waals surface area contributed by atoms with Gasteiger partial charge in [-0.05, 0) is 0 Å². The summed E-state index contributed by atoms with van der Waals surface area (Å²) in [6, 6.07) is 8.36. The first-order valence-electron chi connectivity index (χ1n) is 7.20. The van der Waals surface area contributed by atoms with Gasteiger partial charge >= 0.3 is 116 Å². The summed E-state index contributed by atoms with van der Waals surface area (Å²) in [7, 11) is 0. The molecule has 100 valence electrons. The number of rotatable bonds is 6. The predicted octanol–water partition coefficient (Wildman–Crippen LogP) is 4.64. The Bertz CT molecular complexity index is 371. The third-order valence-corrected chi connectivity index (χ3v) is 13.6. The molecule has 0 N–H and O–H groups in total. The zero-order valence-electron chi connectivity index (χ0n) is 11.6. The molecule has 0 spiro atoms. The van der Waals surface area contributed by atoms with E-state index in [9.17, 15) is 0 Å². The molecule has 0 unspecified atom stereocenters. The van der Waals surface area contributed by atoms with E-state index in [0.717, 1.165) is 12.4 Å². The third kappa shape index (κ3) is 3.41. The van der Waals surface area contributed by atoms with E-state index in [4.69, 9.17) is 6.15 Å². The third-order valence-electron chi connectivity index (χ3n) is 3.58. The fourth-order valence-electron chi connectivity index (χ4n) is 2.43. The second-order valence-electron chi connectivity index (χ2n) is 5.12. The van der Waals surface area contributed by atoms with Crippen molar-refractivity contribution >= 4 is 19.2 Å². The van der Waals surface area contributed by atoms with E-state index in [1.807, 2.05) is 0 Å². The van der Waals surface area contributed by atoms with Crippen molar-refractivity contribution in [1.82, 2.24) is 0 Å². The van der Waals surface area contributed by atoms with Crippen LogP contribution in [0.4, 0.5) is 0 Å². The van der Waals surface area contributed by atoms with Crippen molar-refractivity contribution in [1.29, 1.82) is 0 Å². The number of hydrogen-bond acceptors (Lipinski definition) is 2. The first-order valence-corrected chi connectivity index (χ1v) is 13.6. The summed E-state index contributed by atoms with van der Waals surface area (Å²) in [5, 5.41) is 0. The van der Waals surface area contributed by atoms with Crippen molar-refractivity contribution < 1.29 is 6.15 Å². The summed E-state index contributed by atoms with van der Waals surface area (Å²) in [5.74, 6) is 1.10. The van der Waals surface area contributed by atoms with Crippen LogP contribution in [-0.2, 0) is 9.68 Å². The molecule has 2 nitrogen and oxygen atoms in total. The van der Waals surface area contributed by atoms with Crippen molar-refractivity contribution in [2.24, 2.45) is 0 Å². The molecule has 0 saturated heterocycles. The fourth-order valence-corrected chi connectivity index (χ4v) is 12.7. The summed E-state index contributed by atoms with van der Waals surface area (Å²) >= 11 is -2.80. The van der Waals surface area contributed by atoms with Crippen molar-refractivity contribution in [3.63, 3.8) is 0 Å². The number of fused-ring (bicyclic) bond motifs is 1. The summed E-state index contributed by atoms with van der Waals surface area (Å²) in [6.07, 6.45) is 4.97. The van der Waals surface area contributed by atoms with Gasteiger partial charge in [0.2, 0.25) is 0 Å². The number of hydrogen-bond donors (Lipinski definition) is 0. The molecule has 3 heteroatoms. The van der Waals surface area contributed by atoms with Gasteiger partial charge in [0.25, 0.3) is 0 Å². The minimum atomic E-state index is -2.80. The first kappa shape index (κ1) is 14.2. The number of benzene rings is 1.